The largest absolute Gasteiger partial charge is 0.368 e. The number of halogens is 1. The van der Waals surface area contributed by atoms with Crippen LogP contribution in [0, 0.1) is 0 Å². The van der Waals surface area contributed by atoms with Gasteiger partial charge in [0.25, 0.3) is 0 Å². The van der Waals surface area contributed by atoms with E-state index in [1.54, 1.807) is 12.4 Å². The summed E-state index contributed by atoms with van der Waals surface area (Å²) in [5.74, 6) is 1.07. The molecule has 0 spiro atoms. The molecule has 0 aliphatic carbocycles. The fourth-order valence-electron chi connectivity index (χ4n) is 2.61. The van der Waals surface area contributed by atoms with E-state index in [1.165, 1.54) is 0 Å². The normalized spacial score (nSPS) is 10.8. The topological polar surface area (TPSA) is 116 Å². The summed E-state index contributed by atoms with van der Waals surface area (Å²) in [4.78, 5) is 16.8. The Bertz CT molecular complexity index is 1100. The van der Waals surface area contributed by atoms with Gasteiger partial charge < -0.3 is 16.8 Å². The zero-order valence-corrected chi connectivity index (χ0v) is 15.1. The summed E-state index contributed by atoms with van der Waals surface area (Å²) in [7, 11) is 0. The van der Waals surface area contributed by atoms with Gasteiger partial charge in [-0.15, -0.1) is 0 Å². The zero-order valence-electron chi connectivity index (χ0n) is 13.5. The number of benzene rings is 2. The van der Waals surface area contributed by atoms with Crippen molar-refractivity contribution in [3.63, 3.8) is 0 Å². The fourth-order valence-corrected chi connectivity index (χ4v) is 3.01. The molecule has 0 fully saturated rings. The molecule has 0 saturated carbocycles. The zero-order chi connectivity index (χ0) is 18.1. The van der Waals surface area contributed by atoms with Crippen LogP contribution in [-0.2, 0) is 0 Å². The highest BCUT2D eigenvalue weighted by atomic mass is 79.9. The summed E-state index contributed by atoms with van der Waals surface area (Å²) < 4.78 is 0.966. The molecule has 0 amide bonds. The second-order valence-corrected chi connectivity index (χ2v) is 6.54. The van der Waals surface area contributed by atoms with Crippen molar-refractivity contribution in [1.29, 1.82) is 0 Å². The van der Waals surface area contributed by atoms with Crippen LogP contribution < -0.4 is 16.8 Å². The van der Waals surface area contributed by atoms with Crippen LogP contribution in [0.4, 0.5) is 23.4 Å². The van der Waals surface area contributed by atoms with E-state index in [1.807, 2.05) is 42.5 Å². The van der Waals surface area contributed by atoms with Gasteiger partial charge in [-0.3, -0.25) is 0 Å². The van der Waals surface area contributed by atoms with Crippen molar-refractivity contribution >= 4 is 50.2 Å². The Morgan fingerprint density at radius 2 is 1.65 bits per heavy atom. The molecule has 5 N–H and O–H groups in total. The number of nitrogens with two attached hydrogens (primary N) is 2. The summed E-state index contributed by atoms with van der Waals surface area (Å²) in [5, 5.41) is 4.15. The molecule has 0 radical (unpaired) electrons. The Hall–Kier alpha value is -3.26. The van der Waals surface area contributed by atoms with E-state index < -0.39 is 0 Å². The summed E-state index contributed by atoms with van der Waals surface area (Å²) in [6, 6.07) is 13.6. The molecule has 128 valence electrons. The van der Waals surface area contributed by atoms with Crippen LogP contribution in [0.3, 0.4) is 0 Å². The van der Waals surface area contributed by atoms with E-state index >= 15 is 0 Å². The number of anilines is 4. The number of nitrogen functional groups attached to an aromatic ring is 2. The average Bonchev–Trinajstić information content (AvgIpc) is 2.62. The summed E-state index contributed by atoms with van der Waals surface area (Å²) in [5.41, 5.74) is 14.9. The SMILES string of the molecule is Nc1ncc(-c2ccc3nc(N)nc(Nc4cccc(Br)c4)c3c2)cn1. The average molecular weight is 408 g/mol. The minimum atomic E-state index is 0.207. The maximum Gasteiger partial charge on any atom is 0.222 e. The molecule has 0 aliphatic heterocycles. The second kappa shape index (κ2) is 6.57. The second-order valence-electron chi connectivity index (χ2n) is 5.63. The molecule has 0 saturated heterocycles. The van der Waals surface area contributed by atoms with E-state index in [0.29, 0.717) is 5.82 Å². The Morgan fingerprint density at radius 1 is 0.846 bits per heavy atom. The summed E-state index contributed by atoms with van der Waals surface area (Å²) in [6.07, 6.45) is 3.37. The van der Waals surface area contributed by atoms with E-state index in [4.69, 9.17) is 11.5 Å². The minimum Gasteiger partial charge on any atom is -0.368 e. The van der Waals surface area contributed by atoms with Crippen LogP contribution in [0.25, 0.3) is 22.0 Å². The molecule has 0 unspecified atom stereocenters. The van der Waals surface area contributed by atoms with Crippen LogP contribution >= 0.6 is 15.9 Å². The molecule has 7 nitrogen and oxygen atoms in total. The smallest absolute Gasteiger partial charge is 0.222 e. The van der Waals surface area contributed by atoms with Crippen LogP contribution in [0.1, 0.15) is 0 Å². The summed E-state index contributed by atoms with van der Waals surface area (Å²) in [6.45, 7) is 0. The first kappa shape index (κ1) is 16.2. The molecule has 26 heavy (non-hydrogen) atoms. The lowest BCUT2D eigenvalue weighted by Gasteiger charge is -2.11. The van der Waals surface area contributed by atoms with Gasteiger partial charge in [-0.05, 0) is 35.9 Å². The van der Waals surface area contributed by atoms with Gasteiger partial charge in [-0.1, -0.05) is 28.1 Å². The van der Waals surface area contributed by atoms with E-state index in [2.05, 4.69) is 41.2 Å². The first-order valence-electron chi connectivity index (χ1n) is 7.76. The molecule has 2 aromatic heterocycles. The van der Waals surface area contributed by atoms with Crippen molar-refractivity contribution in [1.82, 2.24) is 19.9 Å². The number of hydrogen-bond donors (Lipinski definition) is 3. The number of rotatable bonds is 3. The Balaban J connectivity index is 1.83. The third-order valence-corrected chi connectivity index (χ3v) is 4.30. The molecule has 4 rings (SSSR count). The molecule has 0 atom stereocenters. The first-order valence-corrected chi connectivity index (χ1v) is 8.55. The maximum absolute atomic E-state index is 5.87. The molecule has 0 bridgehead atoms. The van der Waals surface area contributed by atoms with Crippen LogP contribution in [0.5, 0.6) is 0 Å². The van der Waals surface area contributed by atoms with Crippen molar-refractivity contribution in [3.05, 3.63) is 59.3 Å². The summed E-state index contributed by atoms with van der Waals surface area (Å²) >= 11 is 3.47. The van der Waals surface area contributed by atoms with Crippen molar-refractivity contribution in [2.24, 2.45) is 0 Å². The van der Waals surface area contributed by atoms with Crippen molar-refractivity contribution < 1.29 is 0 Å². The molecule has 2 aromatic carbocycles. The Labute approximate surface area is 157 Å². The van der Waals surface area contributed by atoms with Gasteiger partial charge >= 0.3 is 0 Å². The van der Waals surface area contributed by atoms with E-state index in [9.17, 15) is 0 Å². The lowest BCUT2D eigenvalue weighted by molar-refractivity contribution is 1.19. The van der Waals surface area contributed by atoms with Crippen molar-refractivity contribution in [2.75, 3.05) is 16.8 Å². The molecular weight excluding hydrogens is 394 g/mol. The third-order valence-electron chi connectivity index (χ3n) is 3.81. The fraction of sp³-hybridized carbons (Fsp3) is 0. The van der Waals surface area contributed by atoms with Gasteiger partial charge in [0, 0.05) is 33.5 Å². The van der Waals surface area contributed by atoms with Crippen molar-refractivity contribution in [3.8, 4) is 11.1 Å². The van der Waals surface area contributed by atoms with Gasteiger partial charge in [-0.2, -0.15) is 4.98 Å². The lowest BCUT2D eigenvalue weighted by Crippen LogP contribution is -2.01. The number of hydrogen-bond acceptors (Lipinski definition) is 7. The molecular formula is C18H14BrN7. The van der Waals surface area contributed by atoms with Crippen molar-refractivity contribution in [2.45, 2.75) is 0 Å². The molecule has 4 aromatic rings. The number of fused-ring (bicyclic) bond motifs is 1. The first-order chi connectivity index (χ1) is 12.6. The van der Waals surface area contributed by atoms with Gasteiger partial charge in [0.2, 0.25) is 11.9 Å². The predicted octanol–water partition coefficient (Wildman–Crippen LogP) is 3.76. The standard InChI is InChI=1S/C18H14BrN7/c19-12-2-1-3-13(7-12)24-16-14-6-10(11-8-22-17(20)23-9-11)4-5-15(14)25-18(21)26-16/h1-9H,(H2,20,22,23)(H3,21,24,25,26). The molecule has 2 heterocycles. The Morgan fingerprint density at radius 3 is 2.42 bits per heavy atom. The molecule has 8 heteroatoms. The van der Waals surface area contributed by atoms with Gasteiger partial charge in [0.1, 0.15) is 5.82 Å². The lowest BCUT2D eigenvalue weighted by atomic mass is 10.1. The predicted molar refractivity (Wildman–Crippen MR) is 107 cm³/mol. The monoisotopic (exact) mass is 407 g/mol. The minimum absolute atomic E-state index is 0.207. The van der Waals surface area contributed by atoms with Gasteiger partial charge in [0.15, 0.2) is 0 Å². The quantitative estimate of drug-likeness (QED) is 0.473. The maximum atomic E-state index is 5.87. The highest BCUT2D eigenvalue weighted by molar-refractivity contribution is 9.10. The van der Waals surface area contributed by atoms with Gasteiger partial charge in [0.05, 0.1) is 5.52 Å². The van der Waals surface area contributed by atoms with E-state index in [-0.39, 0.29) is 11.9 Å². The van der Waals surface area contributed by atoms with E-state index in [0.717, 1.165) is 32.2 Å². The highest BCUT2D eigenvalue weighted by Crippen LogP contribution is 2.29. The third kappa shape index (κ3) is 3.27. The number of nitrogens with zero attached hydrogens (tertiary/aromatic N) is 4. The Kier molecular flexibility index (Phi) is 4.10. The highest BCUT2D eigenvalue weighted by Gasteiger charge is 2.09. The number of aromatic nitrogens is 4. The van der Waals surface area contributed by atoms with Crippen LogP contribution in [-0.4, -0.2) is 19.9 Å². The molecule has 0 aliphatic rings. The number of nitrogens with one attached hydrogen (secondary N) is 1. The van der Waals surface area contributed by atoms with Crippen LogP contribution in [0.2, 0.25) is 0 Å². The van der Waals surface area contributed by atoms with Gasteiger partial charge in [-0.25, -0.2) is 15.0 Å². The van der Waals surface area contributed by atoms with Crippen LogP contribution in [0.15, 0.2) is 59.3 Å².